The summed E-state index contributed by atoms with van der Waals surface area (Å²) in [6.07, 6.45) is 2.31. The summed E-state index contributed by atoms with van der Waals surface area (Å²) < 4.78 is 52.1. The molecule has 2 heterocycles. The van der Waals surface area contributed by atoms with E-state index in [0.717, 1.165) is 6.26 Å². The summed E-state index contributed by atoms with van der Waals surface area (Å²) in [4.78, 5) is 30.0. The fraction of sp³-hybridized carbons (Fsp3) is 0.483. The second-order valence-electron chi connectivity index (χ2n) is 10.9. The molecule has 40 heavy (non-hydrogen) atoms. The monoisotopic (exact) mass is 575 g/mol. The summed E-state index contributed by atoms with van der Waals surface area (Å²) in [6, 6.07) is 7.23. The normalized spacial score (nSPS) is 12.1. The lowest BCUT2D eigenvalue weighted by atomic mass is 9.88. The van der Waals surface area contributed by atoms with Crippen molar-refractivity contribution in [3.63, 3.8) is 0 Å². The van der Waals surface area contributed by atoms with Crippen LogP contribution in [0.25, 0.3) is 22.4 Å². The Balaban J connectivity index is 2.02. The zero-order valence-electron chi connectivity index (χ0n) is 24.1. The van der Waals surface area contributed by atoms with Crippen molar-refractivity contribution in [3.05, 3.63) is 47.3 Å². The second kappa shape index (κ2) is 12.4. The molecular formula is C29H38FN3O6S. The lowest BCUT2D eigenvalue weighted by Crippen LogP contribution is -2.34. The number of sulfonamides is 1. The summed E-state index contributed by atoms with van der Waals surface area (Å²) in [6.45, 7) is 9.74. The maximum Gasteiger partial charge on any atom is 0.311 e. The number of pyridine rings is 1. The van der Waals surface area contributed by atoms with Gasteiger partial charge in [0.25, 0.3) is 5.91 Å². The van der Waals surface area contributed by atoms with Crippen LogP contribution in [0.15, 0.2) is 34.7 Å². The molecule has 0 unspecified atom stereocenters. The first-order chi connectivity index (χ1) is 18.7. The highest BCUT2D eigenvalue weighted by molar-refractivity contribution is 7.92. The third kappa shape index (κ3) is 6.99. The molecule has 0 saturated carbocycles. The Morgan fingerprint density at radius 1 is 1.20 bits per heavy atom. The summed E-state index contributed by atoms with van der Waals surface area (Å²) in [5.41, 5.74) is 0.590. The number of rotatable bonds is 12. The van der Waals surface area contributed by atoms with E-state index in [1.807, 2.05) is 20.8 Å². The predicted molar refractivity (Wildman–Crippen MR) is 153 cm³/mol. The summed E-state index contributed by atoms with van der Waals surface area (Å²) in [5, 5.41) is 3.02. The van der Waals surface area contributed by atoms with E-state index in [0.29, 0.717) is 42.4 Å². The number of carbonyl (C=O) groups excluding carboxylic acids is 2. The SMILES string of the molecule is CCc1cc2c(C(=O)NC)c(-c3ccc(F)cc3)oc2nc1N(CCCC(C)(C)C(=O)OCC(C)C)S(C)(=O)=O. The minimum absolute atomic E-state index is 0.0800. The van der Waals surface area contributed by atoms with Crippen LogP contribution >= 0.6 is 0 Å². The number of anilines is 1. The van der Waals surface area contributed by atoms with E-state index in [9.17, 15) is 22.4 Å². The molecule has 0 spiro atoms. The van der Waals surface area contributed by atoms with Gasteiger partial charge in [-0.1, -0.05) is 20.8 Å². The van der Waals surface area contributed by atoms with Gasteiger partial charge in [0.1, 0.15) is 17.4 Å². The third-order valence-corrected chi connectivity index (χ3v) is 7.74. The Hall–Kier alpha value is -3.47. The number of hydrogen-bond donors (Lipinski definition) is 1. The number of fused-ring (bicyclic) bond motifs is 1. The fourth-order valence-electron chi connectivity index (χ4n) is 4.32. The second-order valence-corrected chi connectivity index (χ2v) is 12.8. The molecule has 0 radical (unpaired) electrons. The number of aromatic nitrogens is 1. The average Bonchev–Trinajstić information content (AvgIpc) is 3.26. The number of nitrogens with zero attached hydrogens (tertiary/aromatic N) is 2. The Bertz CT molecular complexity index is 1480. The number of furan rings is 1. The van der Waals surface area contributed by atoms with Gasteiger partial charge in [-0.2, -0.15) is 4.98 Å². The highest BCUT2D eigenvalue weighted by Gasteiger charge is 2.31. The Morgan fingerprint density at radius 2 is 1.85 bits per heavy atom. The topological polar surface area (TPSA) is 119 Å². The Labute approximate surface area is 235 Å². The average molecular weight is 576 g/mol. The molecule has 11 heteroatoms. The molecule has 0 aliphatic heterocycles. The standard InChI is InChI=1S/C29H38FN3O6S/c1-8-19-16-22-23(26(34)31-6)24(20-10-12-21(30)13-11-20)39-27(22)32-25(19)33(40(7,36)37)15-9-14-29(4,5)28(35)38-17-18(2)3/h10-13,16,18H,8-9,14-15,17H2,1-7H3,(H,31,34). The minimum Gasteiger partial charge on any atom is -0.465 e. The number of esters is 1. The van der Waals surface area contributed by atoms with Crippen LogP contribution < -0.4 is 9.62 Å². The fourth-order valence-corrected chi connectivity index (χ4v) is 5.25. The van der Waals surface area contributed by atoms with Gasteiger partial charge in [-0.3, -0.25) is 13.9 Å². The molecule has 0 saturated heterocycles. The minimum atomic E-state index is -3.77. The van der Waals surface area contributed by atoms with Crippen molar-refractivity contribution in [2.75, 3.05) is 30.8 Å². The molecule has 0 aliphatic carbocycles. The molecule has 3 rings (SSSR count). The first kappa shape index (κ1) is 31.1. The van der Waals surface area contributed by atoms with Crippen LogP contribution in [0, 0.1) is 17.2 Å². The van der Waals surface area contributed by atoms with Gasteiger partial charge in [-0.25, -0.2) is 12.8 Å². The highest BCUT2D eigenvalue weighted by atomic mass is 32.2. The molecule has 0 atom stereocenters. The van der Waals surface area contributed by atoms with Gasteiger partial charge in [0.05, 0.1) is 29.2 Å². The number of ether oxygens (including phenoxy) is 1. The van der Waals surface area contributed by atoms with Gasteiger partial charge in [0.15, 0.2) is 0 Å². The largest absolute Gasteiger partial charge is 0.465 e. The van der Waals surface area contributed by atoms with Gasteiger partial charge in [0, 0.05) is 19.2 Å². The number of nitrogens with one attached hydrogen (secondary N) is 1. The maximum absolute atomic E-state index is 13.6. The van der Waals surface area contributed by atoms with E-state index in [4.69, 9.17) is 9.15 Å². The number of aryl methyl sites for hydroxylation is 1. The molecule has 0 fully saturated rings. The maximum atomic E-state index is 13.6. The molecular weight excluding hydrogens is 537 g/mol. The summed E-state index contributed by atoms with van der Waals surface area (Å²) in [5.74, 6) is -0.569. The quantitative estimate of drug-likeness (QED) is 0.290. The van der Waals surface area contributed by atoms with Gasteiger partial charge in [0.2, 0.25) is 15.7 Å². The van der Waals surface area contributed by atoms with E-state index in [1.54, 1.807) is 19.9 Å². The van der Waals surface area contributed by atoms with E-state index < -0.39 is 27.2 Å². The molecule has 0 bridgehead atoms. The molecule has 0 aliphatic rings. The Kier molecular flexibility index (Phi) is 9.60. The van der Waals surface area contributed by atoms with E-state index in [2.05, 4.69) is 10.3 Å². The van der Waals surface area contributed by atoms with E-state index in [-0.39, 0.29) is 41.3 Å². The van der Waals surface area contributed by atoms with Gasteiger partial charge < -0.3 is 14.5 Å². The molecule has 1 amide bonds. The smallest absolute Gasteiger partial charge is 0.311 e. The van der Waals surface area contributed by atoms with E-state index >= 15 is 0 Å². The van der Waals surface area contributed by atoms with Crippen LogP contribution in [-0.2, 0) is 26.0 Å². The van der Waals surface area contributed by atoms with Crippen LogP contribution in [0.4, 0.5) is 10.2 Å². The van der Waals surface area contributed by atoms with Crippen molar-refractivity contribution in [3.8, 4) is 11.3 Å². The summed E-state index contributed by atoms with van der Waals surface area (Å²) >= 11 is 0. The molecule has 2 aromatic heterocycles. The molecule has 1 N–H and O–H groups in total. The number of amides is 1. The van der Waals surface area contributed by atoms with Crippen molar-refractivity contribution >= 4 is 38.8 Å². The molecule has 1 aromatic carbocycles. The third-order valence-electron chi connectivity index (χ3n) is 6.58. The molecule has 9 nitrogen and oxygen atoms in total. The highest BCUT2D eigenvalue weighted by Crippen LogP contribution is 2.36. The number of benzene rings is 1. The van der Waals surface area contributed by atoms with E-state index in [1.165, 1.54) is 35.6 Å². The predicted octanol–water partition coefficient (Wildman–Crippen LogP) is 5.33. The van der Waals surface area contributed by atoms with Crippen molar-refractivity contribution < 1.29 is 31.6 Å². The van der Waals surface area contributed by atoms with Crippen molar-refractivity contribution in [2.24, 2.45) is 11.3 Å². The zero-order chi connectivity index (χ0) is 29.8. The zero-order valence-corrected chi connectivity index (χ0v) is 24.9. The lowest BCUT2D eigenvalue weighted by molar-refractivity contribution is -0.155. The first-order valence-electron chi connectivity index (χ1n) is 13.3. The van der Waals surface area contributed by atoms with Crippen LogP contribution in [0.2, 0.25) is 0 Å². The van der Waals surface area contributed by atoms with Gasteiger partial charge in [-0.15, -0.1) is 0 Å². The lowest BCUT2D eigenvalue weighted by Gasteiger charge is -2.27. The number of halogens is 1. The van der Waals surface area contributed by atoms with Crippen LogP contribution in [0.1, 0.15) is 63.4 Å². The first-order valence-corrected chi connectivity index (χ1v) is 15.1. The summed E-state index contributed by atoms with van der Waals surface area (Å²) in [7, 11) is -2.28. The van der Waals surface area contributed by atoms with Crippen LogP contribution in [-0.4, -0.2) is 51.7 Å². The van der Waals surface area contributed by atoms with Crippen molar-refractivity contribution in [2.45, 2.75) is 53.9 Å². The van der Waals surface area contributed by atoms with Crippen LogP contribution in [0.3, 0.4) is 0 Å². The molecule has 3 aromatic rings. The Morgan fingerprint density at radius 3 is 2.40 bits per heavy atom. The van der Waals surface area contributed by atoms with Crippen LogP contribution in [0.5, 0.6) is 0 Å². The molecule has 218 valence electrons. The van der Waals surface area contributed by atoms with Crippen molar-refractivity contribution in [1.29, 1.82) is 0 Å². The van der Waals surface area contributed by atoms with Crippen molar-refractivity contribution in [1.82, 2.24) is 10.3 Å². The van der Waals surface area contributed by atoms with Gasteiger partial charge in [-0.05, 0) is 74.9 Å². The number of carbonyl (C=O) groups is 2. The number of hydrogen-bond acceptors (Lipinski definition) is 7. The van der Waals surface area contributed by atoms with Gasteiger partial charge >= 0.3 is 5.97 Å².